The van der Waals surface area contributed by atoms with Crippen LogP contribution in [0.3, 0.4) is 0 Å². The smallest absolute Gasteiger partial charge is 0.325 e. The standard InChI is InChI=1S/C86H2.C23H30N4O6/c1-3-5-7-9-11-13-15-17-19-21-23-25-27-29-31-33-35-37-39-41-43-45-47-49-51-53-55-57-59-61-63-65-67-69-71-73-75-77-79-81-83-85-86-84-82-80-78-76-74-72-70-68-66-64-62-60-58-56-54-52-50-48-46-44-42-40-38-36-34-32-30-28-26-24-22-20-18-16-14-12-10-8-6-4-2;1-12(2)19(25-13(3)28)22(31)26-16-9-8-14-6-5-7-15-10-17(27(20(14)15)23(16)32)21(30)24-11-18(29)33-4/h1-2H;5-7,12,16-17,19H,8-11H2,1-4H3,(H,24,30)(H,25,28)(H,26,31)/t;16-,17-,19-/m.0/s1. The molecule has 119 heavy (non-hydrogen) atoms. The number of ether oxygens (including phenoxy) is 1. The summed E-state index contributed by atoms with van der Waals surface area (Å²) in [5.41, 5.74) is 2.48. The number of methoxy groups -OCH3 is 1. The van der Waals surface area contributed by atoms with Gasteiger partial charge in [-0.1, -0.05) is 32.0 Å². The lowest BCUT2D eigenvalue weighted by atomic mass is 10.00. The first-order valence-electron chi connectivity index (χ1n) is 32.3. The molecule has 0 saturated carbocycles. The number of rotatable bonds is 7. The number of carbonyl (C=O) groups excluding carboxylic acids is 5. The van der Waals surface area contributed by atoms with Gasteiger partial charge in [-0.05, 0) is 125 Å². The molecule has 0 aromatic heterocycles. The summed E-state index contributed by atoms with van der Waals surface area (Å²) in [6.07, 6.45) is 11.1. The van der Waals surface area contributed by atoms with E-state index in [4.69, 9.17) is 12.8 Å². The molecular formula is C109H32N4O6. The van der Waals surface area contributed by atoms with Gasteiger partial charge in [-0.3, -0.25) is 28.9 Å². The van der Waals surface area contributed by atoms with E-state index in [9.17, 15) is 24.0 Å². The number of nitrogens with one attached hydrogen (secondary N) is 3. The van der Waals surface area contributed by atoms with Crippen molar-refractivity contribution in [3.8, 4) is 510 Å². The number of nitrogens with zero attached hydrogens (tertiary/aromatic N) is 1. The molecule has 0 fully saturated rings. The first-order valence-corrected chi connectivity index (χ1v) is 32.3. The number of hydrogen-bond donors (Lipinski definition) is 3. The van der Waals surface area contributed by atoms with E-state index in [1.807, 2.05) is 18.2 Å². The highest BCUT2D eigenvalue weighted by atomic mass is 16.5. The van der Waals surface area contributed by atoms with Gasteiger partial charge >= 0.3 is 5.97 Å². The van der Waals surface area contributed by atoms with Crippen molar-refractivity contribution in [1.29, 1.82) is 0 Å². The minimum Gasteiger partial charge on any atom is -0.468 e. The average Bonchev–Trinajstić information content (AvgIpc) is 1.60. The van der Waals surface area contributed by atoms with Crippen LogP contribution in [0.1, 0.15) is 38.3 Å². The molecule has 3 atom stereocenters. The molecule has 0 saturated heterocycles. The van der Waals surface area contributed by atoms with Crippen molar-refractivity contribution in [3.05, 3.63) is 29.3 Å². The number of para-hydroxylation sites is 1. The third-order valence-electron chi connectivity index (χ3n) is 11.2. The van der Waals surface area contributed by atoms with E-state index in [-0.39, 0.29) is 18.4 Å². The Labute approximate surface area is 697 Å². The van der Waals surface area contributed by atoms with E-state index < -0.39 is 41.8 Å². The highest BCUT2D eigenvalue weighted by molar-refractivity contribution is 6.08. The van der Waals surface area contributed by atoms with Crippen molar-refractivity contribution >= 4 is 35.3 Å². The summed E-state index contributed by atoms with van der Waals surface area (Å²) in [5.74, 6) is 206. The fraction of sp³-hybridized carbons (Fsp3) is 0.110. The fourth-order valence-corrected chi connectivity index (χ4v) is 6.91. The average molecular weight is 1490 g/mol. The number of amides is 4. The van der Waals surface area contributed by atoms with Crippen molar-refractivity contribution in [2.45, 2.75) is 58.2 Å². The molecule has 2 heterocycles. The van der Waals surface area contributed by atoms with Gasteiger partial charge in [0.1, 0.15) is 24.7 Å². The SMILES string of the molecule is C#CC#CC#CC#CC#CC#CC#CC#CC#CC#CC#CC#CC#CC#CC#CC#CC#CC#CC#CC#CC#CC#CC#CC#CC#CC#CC#CC#CC#CC#CC#CC#CC#CC#CC#CC#CC#CC#CC#CC#CC#CC#CC#C.COC(=O)CNC(=O)[C@@H]1Cc2cccc3c2N1C(=O)[C@@H](NC(=O)[C@@H](NC(C)=O)C(C)C)CC3. The minimum absolute atomic E-state index is 0.179. The Kier molecular flexibility index (Phi) is 53.6. The quantitative estimate of drug-likeness (QED) is 0.265. The Bertz CT molecular complexity index is 7150. The summed E-state index contributed by atoms with van der Waals surface area (Å²) in [5, 5.41) is 7.94. The van der Waals surface area contributed by atoms with Gasteiger partial charge in [0.2, 0.25) is 23.6 Å². The molecule has 2 aliphatic rings. The Morgan fingerprint density at radius 2 is 0.588 bits per heavy atom. The highest BCUT2D eigenvalue weighted by Crippen LogP contribution is 2.39. The summed E-state index contributed by atoms with van der Waals surface area (Å²) in [6.45, 7) is 4.64. The number of esters is 1. The molecule has 0 aliphatic carbocycles. The van der Waals surface area contributed by atoms with Crippen LogP contribution in [0.5, 0.6) is 0 Å². The molecule has 0 spiro atoms. The Hall–Kier alpha value is -22.3. The van der Waals surface area contributed by atoms with Gasteiger partial charge in [-0.2, -0.15) is 0 Å². The summed E-state index contributed by atoms with van der Waals surface area (Å²) in [6, 6.07) is 3.18. The Morgan fingerprint density at radius 3 is 0.790 bits per heavy atom. The molecule has 524 valence electrons. The van der Waals surface area contributed by atoms with Crippen LogP contribution in [0.4, 0.5) is 5.69 Å². The lowest BCUT2D eigenvalue weighted by molar-refractivity contribution is -0.141. The van der Waals surface area contributed by atoms with Crippen LogP contribution in [-0.4, -0.2) is 61.4 Å². The van der Waals surface area contributed by atoms with Crippen molar-refractivity contribution in [3.63, 3.8) is 0 Å². The molecule has 2 aliphatic heterocycles. The van der Waals surface area contributed by atoms with Gasteiger partial charge in [-0.15, -0.1) is 12.8 Å². The van der Waals surface area contributed by atoms with E-state index in [1.54, 1.807) is 13.8 Å². The lowest BCUT2D eigenvalue weighted by Gasteiger charge is -2.29. The van der Waals surface area contributed by atoms with Gasteiger partial charge in [0.15, 0.2) is 0 Å². The van der Waals surface area contributed by atoms with Gasteiger partial charge in [-0.25, -0.2) is 0 Å². The third-order valence-corrected chi connectivity index (χ3v) is 11.2. The van der Waals surface area contributed by atoms with Crippen molar-refractivity contribution in [1.82, 2.24) is 16.0 Å². The zero-order chi connectivity index (χ0) is 85.7. The van der Waals surface area contributed by atoms with E-state index in [1.165, 1.54) is 18.9 Å². The molecule has 0 unspecified atom stereocenters. The number of carbonyl (C=O) groups is 5. The topological polar surface area (TPSA) is 134 Å². The highest BCUT2D eigenvalue weighted by Gasteiger charge is 2.44. The fourth-order valence-electron chi connectivity index (χ4n) is 6.91. The molecule has 3 rings (SSSR count). The maximum Gasteiger partial charge on any atom is 0.325 e. The molecular weight excluding hydrogens is 1460 g/mol. The first kappa shape index (κ1) is 92.7. The first-order chi connectivity index (χ1) is 58.5. The molecule has 1 aromatic rings. The van der Waals surface area contributed by atoms with Crippen LogP contribution in [0.2, 0.25) is 0 Å². The monoisotopic (exact) mass is 1490 g/mol. The van der Waals surface area contributed by atoms with Crippen LogP contribution in [0.15, 0.2) is 18.2 Å². The second kappa shape index (κ2) is 68.7. The maximum atomic E-state index is 13.6. The molecule has 4 amide bonds. The van der Waals surface area contributed by atoms with Gasteiger partial charge in [0.05, 0.1) is 12.8 Å². The predicted octanol–water partition coefficient (Wildman–Crippen LogP) is 0.217. The molecule has 0 radical (unpaired) electrons. The number of hydrogen-bond acceptors (Lipinski definition) is 6. The summed E-state index contributed by atoms with van der Waals surface area (Å²) in [4.78, 5) is 63.8. The van der Waals surface area contributed by atoms with Gasteiger partial charge in [0, 0.05) is 416 Å². The van der Waals surface area contributed by atoms with Crippen LogP contribution >= 0.6 is 0 Å². The Balaban J connectivity index is 0.00000119. The Morgan fingerprint density at radius 1 is 0.370 bits per heavy atom. The number of aryl methyl sites for hydroxylation is 1. The number of terminal acetylenes is 2. The largest absolute Gasteiger partial charge is 0.468 e. The second-order valence-corrected chi connectivity index (χ2v) is 19.2. The van der Waals surface area contributed by atoms with E-state index >= 15 is 0 Å². The van der Waals surface area contributed by atoms with Crippen LogP contribution in [-0.2, 0) is 41.6 Å². The van der Waals surface area contributed by atoms with Crippen LogP contribution < -0.4 is 20.9 Å². The predicted molar refractivity (Wildman–Crippen MR) is 456 cm³/mol. The van der Waals surface area contributed by atoms with Crippen LogP contribution in [0, 0.1) is 516 Å². The van der Waals surface area contributed by atoms with Crippen molar-refractivity contribution in [2.75, 3.05) is 18.6 Å². The zero-order valence-corrected chi connectivity index (χ0v) is 62.4. The summed E-state index contributed by atoms with van der Waals surface area (Å²) < 4.78 is 4.57. The van der Waals surface area contributed by atoms with Crippen LogP contribution in [0.25, 0.3) is 0 Å². The van der Waals surface area contributed by atoms with E-state index in [0.717, 1.165) is 11.1 Å². The molecule has 1 aromatic carbocycles. The van der Waals surface area contributed by atoms with E-state index in [0.29, 0.717) is 24.9 Å². The van der Waals surface area contributed by atoms with E-state index in [2.05, 4.69) is 518 Å². The van der Waals surface area contributed by atoms with Crippen molar-refractivity contribution in [2.24, 2.45) is 5.92 Å². The van der Waals surface area contributed by atoms with Crippen molar-refractivity contribution < 1.29 is 28.7 Å². The zero-order valence-electron chi connectivity index (χ0n) is 62.4. The normalized spacial score (nSPS) is 8.36. The minimum atomic E-state index is -0.859. The molecule has 0 bridgehead atoms. The lowest BCUT2D eigenvalue weighted by Crippen LogP contribution is -2.58. The number of anilines is 1. The molecule has 10 nitrogen and oxygen atoms in total. The number of benzene rings is 1. The third kappa shape index (κ3) is 52.3. The van der Waals surface area contributed by atoms with Gasteiger partial charge < -0.3 is 20.7 Å². The molecule has 10 heteroatoms. The summed E-state index contributed by atoms with van der Waals surface area (Å²) >= 11 is 0. The summed E-state index contributed by atoms with van der Waals surface area (Å²) in [7, 11) is 1.23. The molecule has 3 N–H and O–H groups in total. The maximum absolute atomic E-state index is 13.6. The second-order valence-electron chi connectivity index (χ2n) is 19.2. The van der Waals surface area contributed by atoms with Gasteiger partial charge in [0.25, 0.3) is 0 Å².